The number of nitrogens with zero attached hydrogens (tertiary/aromatic N) is 1. The molecule has 6 nitrogen and oxygen atoms in total. The number of anilines is 1. The number of hydrogen-bond donors (Lipinski definition) is 1. The maximum Gasteiger partial charge on any atom is 0.264 e. The van der Waals surface area contributed by atoms with E-state index >= 15 is 0 Å². The molecular formula is C25H27ClN2O4S. The van der Waals surface area contributed by atoms with Gasteiger partial charge in [0, 0.05) is 11.6 Å². The van der Waals surface area contributed by atoms with Crippen LogP contribution < -0.4 is 14.4 Å². The van der Waals surface area contributed by atoms with Crippen LogP contribution in [-0.2, 0) is 21.2 Å². The van der Waals surface area contributed by atoms with Gasteiger partial charge in [-0.25, -0.2) is 8.42 Å². The number of hydrogen-bond acceptors (Lipinski definition) is 4. The van der Waals surface area contributed by atoms with Crippen LogP contribution in [0.25, 0.3) is 0 Å². The van der Waals surface area contributed by atoms with Crippen molar-refractivity contribution in [2.75, 3.05) is 24.0 Å². The fourth-order valence-electron chi connectivity index (χ4n) is 3.27. The number of carbonyl (C=O) groups is 1. The SMILES string of the molecule is CCOc1ccc(CCCNC(=O)CN(c2ccc(Cl)cc2)S(=O)(=O)c2ccccc2)cc1. The summed E-state index contributed by atoms with van der Waals surface area (Å²) in [4.78, 5) is 12.8. The molecule has 0 bridgehead atoms. The van der Waals surface area contributed by atoms with Crippen LogP contribution in [0.4, 0.5) is 5.69 Å². The highest BCUT2D eigenvalue weighted by molar-refractivity contribution is 7.92. The van der Waals surface area contributed by atoms with Crippen LogP contribution in [0, 0.1) is 0 Å². The van der Waals surface area contributed by atoms with Gasteiger partial charge in [0.2, 0.25) is 5.91 Å². The molecule has 0 fully saturated rings. The highest BCUT2D eigenvalue weighted by Gasteiger charge is 2.26. The number of halogens is 1. The van der Waals surface area contributed by atoms with Crippen molar-refractivity contribution < 1.29 is 17.9 Å². The minimum Gasteiger partial charge on any atom is -0.494 e. The third-order valence-corrected chi connectivity index (χ3v) is 6.97. The van der Waals surface area contributed by atoms with E-state index in [-0.39, 0.29) is 17.3 Å². The number of rotatable bonds is 11. The fraction of sp³-hybridized carbons (Fsp3) is 0.240. The van der Waals surface area contributed by atoms with E-state index in [4.69, 9.17) is 16.3 Å². The van der Waals surface area contributed by atoms with E-state index in [0.717, 1.165) is 28.5 Å². The number of amides is 1. The zero-order valence-corrected chi connectivity index (χ0v) is 20.0. The van der Waals surface area contributed by atoms with E-state index < -0.39 is 10.0 Å². The average Bonchev–Trinajstić information content (AvgIpc) is 2.83. The molecule has 0 radical (unpaired) electrons. The molecule has 0 atom stereocenters. The summed E-state index contributed by atoms with van der Waals surface area (Å²) in [5.74, 6) is 0.451. The quantitative estimate of drug-likeness (QED) is 0.399. The molecular weight excluding hydrogens is 460 g/mol. The van der Waals surface area contributed by atoms with E-state index in [1.165, 1.54) is 12.1 Å². The molecule has 0 aliphatic carbocycles. The Hall–Kier alpha value is -3.03. The molecule has 0 aliphatic rings. The van der Waals surface area contributed by atoms with Crippen LogP contribution in [0.2, 0.25) is 5.02 Å². The third kappa shape index (κ3) is 6.97. The Bertz CT molecular complexity index is 1140. The number of nitrogens with one attached hydrogen (secondary N) is 1. The van der Waals surface area contributed by atoms with Gasteiger partial charge in [-0.15, -0.1) is 0 Å². The molecule has 0 unspecified atom stereocenters. The van der Waals surface area contributed by atoms with Crippen molar-refractivity contribution in [2.45, 2.75) is 24.7 Å². The second-order valence-electron chi connectivity index (χ2n) is 7.33. The van der Waals surface area contributed by atoms with E-state index in [0.29, 0.717) is 23.9 Å². The van der Waals surface area contributed by atoms with Crippen LogP contribution in [0.3, 0.4) is 0 Å². The third-order valence-electron chi connectivity index (χ3n) is 4.93. The molecule has 0 spiro atoms. The monoisotopic (exact) mass is 486 g/mol. The number of aryl methyl sites for hydroxylation is 1. The van der Waals surface area contributed by atoms with Gasteiger partial charge in [0.1, 0.15) is 12.3 Å². The van der Waals surface area contributed by atoms with E-state index in [2.05, 4.69) is 5.32 Å². The minimum atomic E-state index is -3.93. The first-order valence-corrected chi connectivity index (χ1v) is 12.5. The number of ether oxygens (including phenoxy) is 1. The molecule has 33 heavy (non-hydrogen) atoms. The Balaban J connectivity index is 1.62. The topological polar surface area (TPSA) is 75.7 Å². The number of benzene rings is 3. The molecule has 3 rings (SSSR count). The van der Waals surface area contributed by atoms with Crippen LogP contribution in [0.1, 0.15) is 18.9 Å². The van der Waals surface area contributed by atoms with Crippen molar-refractivity contribution in [2.24, 2.45) is 0 Å². The van der Waals surface area contributed by atoms with Crippen LogP contribution in [0.5, 0.6) is 5.75 Å². The first-order valence-electron chi connectivity index (χ1n) is 10.7. The molecule has 1 amide bonds. The molecule has 0 saturated carbocycles. The highest BCUT2D eigenvalue weighted by atomic mass is 35.5. The van der Waals surface area contributed by atoms with Gasteiger partial charge >= 0.3 is 0 Å². The maximum absolute atomic E-state index is 13.2. The molecule has 0 heterocycles. The fourth-order valence-corrected chi connectivity index (χ4v) is 4.84. The Labute approximate surface area is 200 Å². The first-order chi connectivity index (χ1) is 15.9. The van der Waals surface area contributed by atoms with Gasteiger partial charge in [-0.3, -0.25) is 9.10 Å². The molecule has 8 heteroatoms. The Morgan fingerprint density at radius 2 is 1.64 bits per heavy atom. The van der Waals surface area contributed by atoms with Crippen LogP contribution >= 0.6 is 11.6 Å². The van der Waals surface area contributed by atoms with Gasteiger partial charge in [-0.05, 0) is 73.9 Å². The molecule has 0 aromatic heterocycles. The molecule has 0 saturated heterocycles. The Kier molecular flexibility index (Phi) is 8.74. The molecule has 174 valence electrons. The Morgan fingerprint density at radius 3 is 2.27 bits per heavy atom. The van der Waals surface area contributed by atoms with Crippen LogP contribution in [0.15, 0.2) is 83.8 Å². The minimum absolute atomic E-state index is 0.114. The second-order valence-corrected chi connectivity index (χ2v) is 9.63. The maximum atomic E-state index is 13.2. The van der Waals surface area contributed by atoms with Crippen molar-refractivity contribution >= 4 is 33.2 Å². The van der Waals surface area contributed by atoms with E-state index in [1.807, 2.05) is 31.2 Å². The summed E-state index contributed by atoms with van der Waals surface area (Å²) in [5, 5.41) is 3.31. The first kappa shape index (κ1) is 24.6. The summed E-state index contributed by atoms with van der Waals surface area (Å²) in [5.41, 5.74) is 1.51. The molecule has 3 aromatic carbocycles. The van der Waals surface area contributed by atoms with E-state index in [9.17, 15) is 13.2 Å². The molecule has 3 aromatic rings. The summed E-state index contributed by atoms with van der Waals surface area (Å²) in [6.45, 7) is 2.67. The summed E-state index contributed by atoms with van der Waals surface area (Å²) in [7, 11) is -3.93. The number of carbonyl (C=O) groups excluding carboxylic acids is 1. The zero-order valence-electron chi connectivity index (χ0n) is 18.4. The van der Waals surface area contributed by atoms with Crippen LogP contribution in [-0.4, -0.2) is 34.0 Å². The van der Waals surface area contributed by atoms with Gasteiger partial charge in [0.05, 0.1) is 17.2 Å². The van der Waals surface area contributed by atoms with Gasteiger partial charge in [-0.1, -0.05) is 41.9 Å². The van der Waals surface area contributed by atoms with Crippen molar-refractivity contribution in [3.8, 4) is 5.75 Å². The van der Waals surface area contributed by atoms with Crippen molar-refractivity contribution in [1.82, 2.24) is 5.32 Å². The Morgan fingerprint density at radius 1 is 0.970 bits per heavy atom. The molecule has 0 aliphatic heterocycles. The van der Waals surface area contributed by atoms with Gasteiger partial charge < -0.3 is 10.1 Å². The summed E-state index contributed by atoms with van der Waals surface area (Å²) < 4.78 is 33.0. The summed E-state index contributed by atoms with van der Waals surface area (Å²) >= 11 is 5.96. The van der Waals surface area contributed by atoms with E-state index in [1.54, 1.807) is 42.5 Å². The second kappa shape index (κ2) is 11.7. The van der Waals surface area contributed by atoms with Gasteiger partial charge in [0.25, 0.3) is 10.0 Å². The van der Waals surface area contributed by atoms with Crippen molar-refractivity contribution in [3.63, 3.8) is 0 Å². The lowest BCUT2D eigenvalue weighted by atomic mass is 10.1. The van der Waals surface area contributed by atoms with Crippen molar-refractivity contribution in [3.05, 3.63) is 89.4 Å². The van der Waals surface area contributed by atoms with Gasteiger partial charge in [-0.2, -0.15) is 0 Å². The predicted molar refractivity (Wildman–Crippen MR) is 131 cm³/mol. The van der Waals surface area contributed by atoms with Crippen molar-refractivity contribution in [1.29, 1.82) is 0 Å². The zero-order chi connectivity index (χ0) is 23.7. The standard InChI is InChI=1S/C25H27ClN2O4S/c1-2-32-23-16-10-20(11-17-23)7-6-18-27-25(29)19-28(22-14-12-21(26)13-15-22)33(30,31)24-8-4-3-5-9-24/h3-5,8-17H,2,6-7,18-19H2,1H3,(H,27,29). The normalized spacial score (nSPS) is 11.1. The lowest BCUT2D eigenvalue weighted by Gasteiger charge is -2.24. The predicted octanol–water partition coefficient (Wildman–Crippen LogP) is 4.68. The van der Waals surface area contributed by atoms with Gasteiger partial charge in [0.15, 0.2) is 0 Å². The highest BCUT2D eigenvalue weighted by Crippen LogP contribution is 2.25. The number of sulfonamides is 1. The average molecular weight is 487 g/mol. The lowest BCUT2D eigenvalue weighted by Crippen LogP contribution is -2.41. The summed E-state index contributed by atoms with van der Waals surface area (Å²) in [6, 6.07) is 22.3. The lowest BCUT2D eigenvalue weighted by molar-refractivity contribution is -0.119. The molecule has 1 N–H and O–H groups in total. The summed E-state index contributed by atoms with van der Waals surface area (Å²) in [6.07, 6.45) is 1.52. The smallest absolute Gasteiger partial charge is 0.264 e. The largest absolute Gasteiger partial charge is 0.494 e.